The summed E-state index contributed by atoms with van der Waals surface area (Å²) in [5.41, 5.74) is 4.56. The molecule has 0 saturated carbocycles. The van der Waals surface area contributed by atoms with Crippen LogP contribution in [0.2, 0.25) is 0 Å². The third-order valence-corrected chi connectivity index (χ3v) is 1.74. The number of hydrogen-bond donors (Lipinski definition) is 1. The Bertz CT molecular complexity index is 326. The van der Waals surface area contributed by atoms with Crippen LogP contribution in [-0.4, -0.2) is 12.1 Å². The van der Waals surface area contributed by atoms with E-state index in [2.05, 4.69) is 0 Å². The van der Waals surface area contributed by atoms with Gasteiger partial charge in [0, 0.05) is 0 Å². The third kappa shape index (κ3) is 3.43. The van der Waals surface area contributed by atoms with Crippen LogP contribution in [0.4, 0.5) is 13.2 Å². The Hall–Kier alpha value is -1.23. The Kier molecular flexibility index (Phi) is 4.61. The summed E-state index contributed by atoms with van der Waals surface area (Å²) in [6.45, 7) is 0. The summed E-state index contributed by atoms with van der Waals surface area (Å²) in [4.78, 5) is 10.6. The number of primary amides is 1. The number of carbonyl (C=O) groups is 1. The molecule has 0 saturated heterocycles. The Morgan fingerprint density at radius 3 is 2.00 bits per heavy atom. The van der Waals surface area contributed by atoms with E-state index < -0.39 is 18.0 Å². The van der Waals surface area contributed by atoms with Crippen molar-refractivity contribution < 1.29 is 18.0 Å². The molecule has 0 fully saturated rings. The van der Waals surface area contributed by atoms with E-state index in [9.17, 15) is 18.0 Å². The fourth-order valence-electron chi connectivity index (χ4n) is 1.16. The van der Waals surface area contributed by atoms with Crippen LogP contribution in [0.25, 0.3) is 0 Å². The zero-order valence-electron chi connectivity index (χ0n) is 7.49. The predicted octanol–water partition coefficient (Wildman–Crippen LogP) is 2.24. The lowest BCUT2D eigenvalue weighted by atomic mass is 9.98. The van der Waals surface area contributed by atoms with Crippen molar-refractivity contribution in [2.24, 2.45) is 5.73 Å². The second-order valence-corrected chi connectivity index (χ2v) is 2.79. The van der Waals surface area contributed by atoms with Crippen LogP contribution in [0.15, 0.2) is 30.3 Å². The van der Waals surface area contributed by atoms with Crippen molar-refractivity contribution in [3.8, 4) is 0 Å². The Balaban J connectivity index is 0.00000196. The number of amides is 1. The minimum atomic E-state index is -4.63. The van der Waals surface area contributed by atoms with Gasteiger partial charge >= 0.3 is 6.18 Å². The molecule has 15 heavy (non-hydrogen) atoms. The lowest BCUT2D eigenvalue weighted by Gasteiger charge is -2.16. The molecule has 2 N–H and O–H groups in total. The van der Waals surface area contributed by atoms with Gasteiger partial charge in [-0.15, -0.1) is 12.4 Å². The maximum absolute atomic E-state index is 12.4. The number of rotatable bonds is 2. The maximum atomic E-state index is 12.4. The third-order valence-electron chi connectivity index (χ3n) is 1.74. The minimum absolute atomic E-state index is 0. The van der Waals surface area contributed by atoms with Gasteiger partial charge in [-0.1, -0.05) is 30.3 Å². The highest BCUT2D eigenvalue weighted by Gasteiger charge is 2.44. The van der Waals surface area contributed by atoms with Gasteiger partial charge in [0.05, 0.1) is 0 Å². The molecule has 1 aromatic carbocycles. The van der Waals surface area contributed by atoms with Crippen molar-refractivity contribution in [1.29, 1.82) is 0 Å². The molecule has 1 rings (SSSR count). The van der Waals surface area contributed by atoms with Crippen LogP contribution in [0.5, 0.6) is 0 Å². The summed E-state index contributed by atoms with van der Waals surface area (Å²) in [7, 11) is 0. The van der Waals surface area contributed by atoms with Crippen molar-refractivity contribution in [1.82, 2.24) is 0 Å². The topological polar surface area (TPSA) is 43.1 Å². The van der Waals surface area contributed by atoms with Crippen LogP contribution < -0.4 is 5.73 Å². The SMILES string of the molecule is Cl.NC(=O)C(c1ccccc1)C(F)(F)F. The second-order valence-electron chi connectivity index (χ2n) is 2.79. The summed E-state index contributed by atoms with van der Waals surface area (Å²) in [5.74, 6) is -3.60. The van der Waals surface area contributed by atoms with Gasteiger partial charge in [0.1, 0.15) is 0 Å². The molecule has 84 valence electrons. The fraction of sp³-hybridized carbons (Fsp3) is 0.222. The molecule has 1 unspecified atom stereocenters. The van der Waals surface area contributed by atoms with E-state index in [1.165, 1.54) is 24.3 Å². The maximum Gasteiger partial charge on any atom is 0.404 e. The first kappa shape index (κ1) is 13.8. The number of hydrogen-bond acceptors (Lipinski definition) is 1. The highest BCUT2D eigenvalue weighted by molar-refractivity contribution is 5.85. The monoisotopic (exact) mass is 239 g/mol. The van der Waals surface area contributed by atoms with Gasteiger partial charge in [-0.25, -0.2) is 0 Å². The zero-order chi connectivity index (χ0) is 10.8. The van der Waals surface area contributed by atoms with Crippen molar-refractivity contribution in [2.45, 2.75) is 12.1 Å². The van der Waals surface area contributed by atoms with Gasteiger partial charge in [0.15, 0.2) is 5.92 Å². The van der Waals surface area contributed by atoms with Crippen molar-refractivity contribution >= 4 is 18.3 Å². The van der Waals surface area contributed by atoms with Gasteiger partial charge in [0.2, 0.25) is 5.91 Å². The molecule has 0 bridgehead atoms. The lowest BCUT2D eigenvalue weighted by molar-refractivity contribution is -0.162. The molecular formula is C9H9ClF3NO. The van der Waals surface area contributed by atoms with Crippen molar-refractivity contribution in [2.75, 3.05) is 0 Å². The molecule has 0 radical (unpaired) electrons. The molecule has 2 nitrogen and oxygen atoms in total. The first-order chi connectivity index (χ1) is 6.43. The number of halogens is 4. The van der Waals surface area contributed by atoms with Crippen molar-refractivity contribution in [3.63, 3.8) is 0 Å². The molecule has 6 heteroatoms. The fourth-order valence-corrected chi connectivity index (χ4v) is 1.16. The summed E-state index contributed by atoms with van der Waals surface area (Å²) < 4.78 is 37.1. The largest absolute Gasteiger partial charge is 0.404 e. The normalized spacial score (nSPS) is 12.7. The van der Waals surface area contributed by atoms with Crippen LogP contribution >= 0.6 is 12.4 Å². The number of alkyl halides is 3. The van der Waals surface area contributed by atoms with E-state index in [-0.39, 0.29) is 18.0 Å². The average Bonchev–Trinajstić information content (AvgIpc) is 2.02. The van der Waals surface area contributed by atoms with E-state index in [0.717, 1.165) is 0 Å². The van der Waals surface area contributed by atoms with Crippen LogP contribution in [-0.2, 0) is 4.79 Å². The quantitative estimate of drug-likeness (QED) is 0.845. The van der Waals surface area contributed by atoms with Crippen LogP contribution in [0.3, 0.4) is 0 Å². The van der Waals surface area contributed by atoms with Gasteiger partial charge in [-0.05, 0) is 5.56 Å². The molecule has 0 aromatic heterocycles. The molecule has 1 amide bonds. The minimum Gasteiger partial charge on any atom is -0.369 e. The highest BCUT2D eigenvalue weighted by Crippen LogP contribution is 2.34. The van der Waals surface area contributed by atoms with E-state index in [1.54, 1.807) is 6.07 Å². The second kappa shape index (κ2) is 5.02. The molecule has 0 aliphatic rings. The first-order valence-corrected chi connectivity index (χ1v) is 3.84. The molecule has 0 aliphatic carbocycles. The Morgan fingerprint density at radius 1 is 1.20 bits per heavy atom. The van der Waals surface area contributed by atoms with E-state index in [4.69, 9.17) is 5.73 Å². The smallest absolute Gasteiger partial charge is 0.369 e. The molecule has 0 spiro atoms. The molecule has 0 aliphatic heterocycles. The zero-order valence-corrected chi connectivity index (χ0v) is 8.31. The molecule has 1 aromatic rings. The highest BCUT2D eigenvalue weighted by atomic mass is 35.5. The van der Waals surface area contributed by atoms with E-state index in [1.807, 2.05) is 0 Å². The Morgan fingerprint density at radius 2 is 1.67 bits per heavy atom. The summed E-state index contributed by atoms with van der Waals surface area (Å²) in [6, 6.07) is 6.87. The summed E-state index contributed by atoms with van der Waals surface area (Å²) >= 11 is 0. The number of benzene rings is 1. The Labute approximate surface area is 90.7 Å². The van der Waals surface area contributed by atoms with Gasteiger partial charge in [0.25, 0.3) is 0 Å². The lowest BCUT2D eigenvalue weighted by Crippen LogP contribution is -2.33. The predicted molar refractivity (Wildman–Crippen MR) is 51.7 cm³/mol. The van der Waals surface area contributed by atoms with Gasteiger partial charge < -0.3 is 5.73 Å². The van der Waals surface area contributed by atoms with Crippen LogP contribution in [0.1, 0.15) is 11.5 Å². The van der Waals surface area contributed by atoms with Gasteiger partial charge in [-0.3, -0.25) is 4.79 Å². The van der Waals surface area contributed by atoms with E-state index >= 15 is 0 Å². The van der Waals surface area contributed by atoms with E-state index in [0.29, 0.717) is 0 Å². The standard InChI is InChI=1S/C9H8F3NO.ClH/c10-9(11,12)7(8(13)14)6-4-2-1-3-5-6;/h1-5,7H,(H2,13,14);1H. The van der Waals surface area contributed by atoms with Crippen LogP contribution in [0, 0.1) is 0 Å². The average molecular weight is 240 g/mol. The summed E-state index contributed by atoms with van der Waals surface area (Å²) in [5, 5.41) is 0. The molecular weight excluding hydrogens is 231 g/mol. The first-order valence-electron chi connectivity index (χ1n) is 3.84. The molecule has 1 atom stereocenters. The van der Waals surface area contributed by atoms with Crippen molar-refractivity contribution in [3.05, 3.63) is 35.9 Å². The van der Waals surface area contributed by atoms with Gasteiger partial charge in [-0.2, -0.15) is 13.2 Å². The number of carbonyl (C=O) groups excluding carboxylic acids is 1. The molecule has 0 heterocycles. The summed E-state index contributed by atoms with van der Waals surface area (Å²) in [6.07, 6.45) is -4.63. The number of nitrogens with two attached hydrogens (primary N) is 1.